The van der Waals surface area contributed by atoms with Gasteiger partial charge in [0.25, 0.3) is 5.91 Å². The average Bonchev–Trinajstić information content (AvgIpc) is 2.40. The van der Waals surface area contributed by atoms with Crippen LogP contribution in [0.15, 0.2) is 18.2 Å². The van der Waals surface area contributed by atoms with Gasteiger partial charge in [-0.15, -0.1) is 0 Å². The summed E-state index contributed by atoms with van der Waals surface area (Å²) in [5.74, 6) is -0.0873. The molecule has 0 aromatic heterocycles. The third-order valence-corrected chi connectivity index (χ3v) is 3.12. The van der Waals surface area contributed by atoms with Crippen molar-refractivity contribution in [3.8, 4) is 5.75 Å². The Hall–Kier alpha value is -1.58. The van der Waals surface area contributed by atoms with Gasteiger partial charge in [-0.25, -0.2) is 4.39 Å². The molecule has 1 N–H and O–H groups in total. The smallest absolute Gasteiger partial charge is 0.251 e. The van der Waals surface area contributed by atoms with Gasteiger partial charge in [0, 0.05) is 12.1 Å². The van der Waals surface area contributed by atoms with Crippen molar-refractivity contribution in [2.75, 3.05) is 13.7 Å². The standard InChI is InChI=1S/C14H20FNO2/c1-4-10(5-2)9-16-14(17)11-6-7-12(15)13(8-11)18-3/h6-8,10H,4-5,9H2,1-3H3,(H,16,17). The predicted octanol–water partition coefficient (Wildman–Crippen LogP) is 3.00. The molecule has 0 bridgehead atoms. The van der Waals surface area contributed by atoms with E-state index < -0.39 is 5.82 Å². The highest BCUT2D eigenvalue weighted by Crippen LogP contribution is 2.18. The average molecular weight is 253 g/mol. The number of halogens is 1. The second kappa shape index (κ2) is 6.99. The number of hydrogen-bond acceptors (Lipinski definition) is 2. The summed E-state index contributed by atoms with van der Waals surface area (Å²) < 4.78 is 18.0. The SMILES string of the molecule is CCC(CC)CNC(=O)c1ccc(F)c(OC)c1. The third kappa shape index (κ3) is 3.72. The van der Waals surface area contributed by atoms with Crippen molar-refractivity contribution in [3.63, 3.8) is 0 Å². The molecule has 1 amide bonds. The first-order valence-corrected chi connectivity index (χ1v) is 6.24. The van der Waals surface area contributed by atoms with Crippen molar-refractivity contribution in [1.29, 1.82) is 0 Å². The quantitative estimate of drug-likeness (QED) is 0.846. The number of amides is 1. The van der Waals surface area contributed by atoms with Crippen LogP contribution in [0.2, 0.25) is 0 Å². The molecule has 100 valence electrons. The van der Waals surface area contributed by atoms with Crippen molar-refractivity contribution in [2.45, 2.75) is 26.7 Å². The number of nitrogens with one attached hydrogen (secondary N) is 1. The van der Waals surface area contributed by atoms with Gasteiger partial charge in [-0.3, -0.25) is 4.79 Å². The van der Waals surface area contributed by atoms with E-state index in [1.54, 1.807) is 0 Å². The van der Waals surface area contributed by atoms with Crippen LogP contribution in [0, 0.1) is 11.7 Å². The van der Waals surface area contributed by atoms with Gasteiger partial charge in [-0.2, -0.15) is 0 Å². The van der Waals surface area contributed by atoms with E-state index >= 15 is 0 Å². The Morgan fingerprint density at radius 3 is 2.61 bits per heavy atom. The Balaban J connectivity index is 2.67. The molecule has 1 aromatic rings. The molecule has 0 atom stereocenters. The summed E-state index contributed by atoms with van der Waals surface area (Å²) in [5.41, 5.74) is 0.416. The maximum atomic E-state index is 13.2. The maximum Gasteiger partial charge on any atom is 0.251 e. The zero-order chi connectivity index (χ0) is 13.5. The molecule has 0 spiro atoms. The monoisotopic (exact) mass is 253 g/mol. The summed E-state index contributed by atoms with van der Waals surface area (Å²) in [6, 6.07) is 4.11. The van der Waals surface area contributed by atoms with Crippen molar-refractivity contribution < 1.29 is 13.9 Å². The van der Waals surface area contributed by atoms with Gasteiger partial charge in [0.1, 0.15) is 0 Å². The molecule has 1 aromatic carbocycles. The van der Waals surface area contributed by atoms with Gasteiger partial charge in [-0.05, 0) is 24.1 Å². The molecule has 0 saturated heterocycles. The van der Waals surface area contributed by atoms with Crippen LogP contribution in [-0.4, -0.2) is 19.6 Å². The molecule has 4 heteroatoms. The van der Waals surface area contributed by atoms with Crippen molar-refractivity contribution in [2.24, 2.45) is 5.92 Å². The minimum atomic E-state index is -0.464. The molecule has 0 fully saturated rings. The van der Waals surface area contributed by atoms with E-state index in [2.05, 4.69) is 19.2 Å². The number of ether oxygens (including phenoxy) is 1. The lowest BCUT2D eigenvalue weighted by Crippen LogP contribution is -2.28. The van der Waals surface area contributed by atoms with Crippen LogP contribution >= 0.6 is 0 Å². The maximum absolute atomic E-state index is 13.2. The van der Waals surface area contributed by atoms with Gasteiger partial charge in [-0.1, -0.05) is 26.7 Å². The highest BCUT2D eigenvalue weighted by atomic mass is 19.1. The molecular formula is C14H20FNO2. The number of benzene rings is 1. The largest absolute Gasteiger partial charge is 0.494 e. The summed E-state index contributed by atoms with van der Waals surface area (Å²) in [7, 11) is 1.38. The van der Waals surface area contributed by atoms with E-state index in [9.17, 15) is 9.18 Å². The minimum absolute atomic E-state index is 0.0881. The fourth-order valence-corrected chi connectivity index (χ4v) is 1.72. The van der Waals surface area contributed by atoms with Gasteiger partial charge in [0.05, 0.1) is 7.11 Å². The lowest BCUT2D eigenvalue weighted by Gasteiger charge is -2.13. The van der Waals surface area contributed by atoms with Crippen molar-refractivity contribution in [1.82, 2.24) is 5.32 Å². The first-order chi connectivity index (χ1) is 8.62. The van der Waals surface area contributed by atoms with Crippen LogP contribution in [0.25, 0.3) is 0 Å². The highest BCUT2D eigenvalue weighted by molar-refractivity contribution is 5.94. The van der Waals surface area contributed by atoms with Gasteiger partial charge >= 0.3 is 0 Å². The molecule has 1 rings (SSSR count). The van der Waals surface area contributed by atoms with Crippen LogP contribution in [0.1, 0.15) is 37.0 Å². The Morgan fingerprint density at radius 2 is 2.06 bits per heavy atom. The Labute approximate surface area is 107 Å². The van der Waals surface area contributed by atoms with E-state index in [0.717, 1.165) is 12.8 Å². The van der Waals surface area contributed by atoms with Gasteiger partial charge < -0.3 is 10.1 Å². The molecule has 0 aliphatic carbocycles. The van der Waals surface area contributed by atoms with E-state index in [-0.39, 0.29) is 11.7 Å². The third-order valence-electron chi connectivity index (χ3n) is 3.12. The molecular weight excluding hydrogens is 233 g/mol. The number of hydrogen-bond donors (Lipinski definition) is 1. The topological polar surface area (TPSA) is 38.3 Å². The number of carbonyl (C=O) groups excluding carboxylic acids is 1. The fourth-order valence-electron chi connectivity index (χ4n) is 1.72. The lowest BCUT2D eigenvalue weighted by atomic mass is 10.0. The van der Waals surface area contributed by atoms with Crippen LogP contribution in [-0.2, 0) is 0 Å². The fraction of sp³-hybridized carbons (Fsp3) is 0.500. The molecule has 0 aliphatic heterocycles. The second-order valence-corrected chi connectivity index (χ2v) is 4.24. The molecule has 0 saturated carbocycles. The number of methoxy groups -OCH3 is 1. The van der Waals surface area contributed by atoms with Crippen molar-refractivity contribution >= 4 is 5.91 Å². The van der Waals surface area contributed by atoms with Crippen LogP contribution in [0.3, 0.4) is 0 Å². The summed E-state index contributed by atoms with van der Waals surface area (Å²) in [6.45, 7) is 4.84. The first-order valence-electron chi connectivity index (χ1n) is 6.24. The lowest BCUT2D eigenvalue weighted by molar-refractivity contribution is 0.0946. The van der Waals surface area contributed by atoms with Crippen LogP contribution < -0.4 is 10.1 Å². The summed E-state index contributed by atoms with van der Waals surface area (Å²) in [4.78, 5) is 11.9. The summed E-state index contributed by atoms with van der Waals surface area (Å²) >= 11 is 0. The molecule has 0 radical (unpaired) electrons. The van der Waals surface area contributed by atoms with Gasteiger partial charge in [0.2, 0.25) is 0 Å². The molecule has 0 heterocycles. The molecule has 0 aliphatic rings. The van der Waals surface area contributed by atoms with Crippen molar-refractivity contribution in [3.05, 3.63) is 29.6 Å². The van der Waals surface area contributed by atoms with E-state index in [4.69, 9.17) is 4.74 Å². The number of carbonyl (C=O) groups is 1. The molecule has 18 heavy (non-hydrogen) atoms. The predicted molar refractivity (Wildman–Crippen MR) is 69.4 cm³/mol. The first kappa shape index (κ1) is 14.5. The van der Waals surface area contributed by atoms with E-state index in [0.29, 0.717) is 18.0 Å². The summed E-state index contributed by atoms with van der Waals surface area (Å²) in [5, 5.41) is 2.85. The number of rotatable bonds is 6. The minimum Gasteiger partial charge on any atom is -0.494 e. The van der Waals surface area contributed by atoms with Crippen LogP contribution in [0.4, 0.5) is 4.39 Å². The molecule has 0 unspecified atom stereocenters. The zero-order valence-electron chi connectivity index (χ0n) is 11.1. The van der Waals surface area contributed by atoms with Gasteiger partial charge in [0.15, 0.2) is 11.6 Å². The Kier molecular flexibility index (Phi) is 5.62. The normalized spacial score (nSPS) is 10.5. The van der Waals surface area contributed by atoms with Crippen LogP contribution in [0.5, 0.6) is 5.75 Å². The highest BCUT2D eigenvalue weighted by Gasteiger charge is 2.11. The van der Waals surface area contributed by atoms with E-state index in [1.165, 1.54) is 25.3 Å². The zero-order valence-corrected chi connectivity index (χ0v) is 11.1. The second-order valence-electron chi connectivity index (χ2n) is 4.24. The Bertz CT molecular complexity index is 403. The summed E-state index contributed by atoms with van der Waals surface area (Å²) in [6.07, 6.45) is 2.06. The molecule has 3 nitrogen and oxygen atoms in total. The Morgan fingerprint density at radius 1 is 1.39 bits per heavy atom. The van der Waals surface area contributed by atoms with E-state index in [1.807, 2.05) is 0 Å².